The van der Waals surface area contributed by atoms with E-state index >= 15 is 0 Å². The van der Waals surface area contributed by atoms with Gasteiger partial charge in [0.25, 0.3) is 0 Å². The Kier molecular flexibility index (Phi) is 3.80. The molecule has 4 heteroatoms. The summed E-state index contributed by atoms with van der Waals surface area (Å²) in [5.41, 5.74) is 3.16. The fourth-order valence-electron chi connectivity index (χ4n) is 2.79. The standard InChI is InChI=1S/C15H21N3O/c1-18(13-4-7-16-8-5-13)9-6-12-2-3-14-15(10-12)19-11-17-14/h2-3,10-11,13,16H,4-9H2,1H3. The van der Waals surface area contributed by atoms with Gasteiger partial charge in [0.05, 0.1) is 0 Å². The molecule has 3 rings (SSSR count). The predicted molar refractivity (Wildman–Crippen MR) is 76.2 cm³/mol. The summed E-state index contributed by atoms with van der Waals surface area (Å²) in [6.07, 6.45) is 5.10. The SMILES string of the molecule is CN(CCc1ccc2ncoc2c1)C1CCNCC1. The van der Waals surface area contributed by atoms with Crippen molar-refractivity contribution in [2.24, 2.45) is 0 Å². The highest BCUT2D eigenvalue weighted by molar-refractivity contribution is 5.72. The molecule has 1 aromatic heterocycles. The molecule has 1 aromatic carbocycles. The molecular weight excluding hydrogens is 238 g/mol. The van der Waals surface area contributed by atoms with Gasteiger partial charge in [0.15, 0.2) is 12.0 Å². The van der Waals surface area contributed by atoms with Gasteiger partial charge < -0.3 is 14.6 Å². The van der Waals surface area contributed by atoms with Crippen molar-refractivity contribution in [2.45, 2.75) is 25.3 Å². The zero-order valence-electron chi connectivity index (χ0n) is 11.4. The highest BCUT2D eigenvalue weighted by atomic mass is 16.3. The van der Waals surface area contributed by atoms with Crippen LogP contribution in [0.2, 0.25) is 0 Å². The molecule has 0 amide bonds. The largest absolute Gasteiger partial charge is 0.443 e. The maximum Gasteiger partial charge on any atom is 0.181 e. The number of piperidine rings is 1. The molecule has 2 heterocycles. The second kappa shape index (κ2) is 5.72. The zero-order chi connectivity index (χ0) is 13.1. The smallest absolute Gasteiger partial charge is 0.181 e. The number of hydrogen-bond donors (Lipinski definition) is 1. The number of nitrogens with one attached hydrogen (secondary N) is 1. The molecule has 102 valence electrons. The van der Waals surface area contributed by atoms with E-state index in [1.807, 2.05) is 6.07 Å². The Balaban J connectivity index is 1.58. The monoisotopic (exact) mass is 259 g/mol. The fourth-order valence-corrected chi connectivity index (χ4v) is 2.79. The summed E-state index contributed by atoms with van der Waals surface area (Å²) in [5.74, 6) is 0. The minimum atomic E-state index is 0.732. The number of benzene rings is 1. The molecule has 4 nitrogen and oxygen atoms in total. The number of oxazole rings is 1. The molecule has 0 bridgehead atoms. The van der Waals surface area contributed by atoms with E-state index in [1.54, 1.807) is 0 Å². The fraction of sp³-hybridized carbons (Fsp3) is 0.533. The third kappa shape index (κ3) is 2.96. The first-order valence-corrected chi connectivity index (χ1v) is 7.06. The van der Waals surface area contributed by atoms with Crippen LogP contribution in [0.5, 0.6) is 0 Å². The third-order valence-electron chi connectivity index (χ3n) is 4.08. The number of hydrogen-bond acceptors (Lipinski definition) is 4. The minimum absolute atomic E-state index is 0.732. The molecule has 0 radical (unpaired) electrons. The predicted octanol–water partition coefficient (Wildman–Crippen LogP) is 2.05. The summed E-state index contributed by atoms with van der Waals surface area (Å²) >= 11 is 0. The summed E-state index contributed by atoms with van der Waals surface area (Å²) in [7, 11) is 2.24. The van der Waals surface area contributed by atoms with E-state index in [-0.39, 0.29) is 0 Å². The molecule has 1 aliphatic rings. The van der Waals surface area contributed by atoms with Crippen molar-refractivity contribution in [2.75, 3.05) is 26.7 Å². The molecule has 0 atom stereocenters. The van der Waals surface area contributed by atoms with Crippen molar-refractivity contribution < 1.29 is 4.42 Å². The number of likely N-dealkylation sites (N-methyl/N-ethyl adjacent to an activating group) is 1. The molecule has 19 heavy (non-hydrogen) atoms. The van der Waals surface area contributed by atoms with E-state index in [1.165, 1.54) is 24.8 Å². The highest BCUT2D eigenvalue weighted by Crippen LogP contribution is 2.16. The van der Waals surface area contributed by atoms with Gasteiger partial charge >= 0.3 is 0 Å². The zero-order valence-corrected chi connectivity index (χ0v) is 11.4. The first kappa shape index (κ1) is 12.6. The number of rotatable bonds is 4. The summed E-state index contributed by atoms with van der Waals surface area (Å²) < 4.78 is 5.35. The second-order valence-corrected chi connectivity index (χ2v) is 5.37. The summed E-state index contributed by atoms with van der Waals surface area (Å²) in [6.45, 7) is 3.41. The van der Waals surface area contributed by atoms with Crippen LogP contribution in [0.4, 0.5) is 0 Å². The minimum Gasteiger partial charge on any atom is -0.443 e. The van der Waals surface area contributed by atoms with Gasteiger partial charge in [0, 0.05) is 12.6 Å². The van der Waals surface area contributed by atoms with E-state index < -0.39 is 0 Å². The maximum absolute atomic E-state index is 5.35. The molecule has 2 aromatic rings. The Morgan fingerprint density at radius 2 is 2.21 bits per heavy atom. The first-order valence-electron chi connectivity index (χ1n) is 7.06. The van der Waals surface area contributed by atoms with Crippen molar-refractivity contribution >= 4 is 11.1 Å². The molecule has 1 aliphatic heterocycles. The van der Waals surface area contributed by atoms with E-state index in [4.69, 9.17) is 4.42 Å². The van der Waals surface area contributed by atoms with Crippen LogP contribution in [0.1, 0.15) is 18.4 Å². The molecule has 0 unspecified atom stereocenters. The summed E-state index contributed by atoms with van der Waals surface area (Å²) in [4.78, 5) is 6.64. The average molecular weight is 259 g/mol. The van der Waals surface area contributed by atoms with Gasteiger partial charge in [-0.05, 0) is 57.1 Å². The lowest BCUT2D eigenvalue weighted by Gasteiger charge is -2.31. The molecule has 0 saturated carbocycles. The maximum atomic E-state index is 5.35. The topological polar surface area (TPSA) is 41.3 Å². The number of nitrogens with zero attached hydrogens (tertiary/aromatic N) is 2. The Hall–Kier alpha value is -1.39. The van der Waals surface area contributed by atoms with Gasteiger partial charge in [-0.15, -0.1) is 0 Å². The number of fused-ring (bicyclic) bond motifs is 1. The van der Waals surface area contributed by atoms with Crippen LogP contribution in [0, 0.1) is 0 Å². The molecule has 0 spiro atoms. The van der Waals surface area contributed by atoms with Crippen LogP contribution >= 0.6 is 0 Å². The van der Waals surface area contributed by atoms with Crippen LogP contribution in [0.25, 0.3) is 11.1 Å². The van der Waals surface area contributed by atoms with Gasteiger partial charge in [-0.1, -0.05) is 6.07 Å². The average Bonchev–Trinajstić information content (AvgIpc) is 2.93. The summed E-state index contributed by atoms with van der Waals surface area (Å²) in [5, 5.41) is 3.41. The first-order chi connectivity index (χ1) is 9.33. The van der Waals surface area contributed by atoms with Gasteiger partial charge in [0.2, 0.25) is 0 Å². The Bertz CT molecular complexity index is 531. The van der Waals surface area contributed by atoms with Gasteiger partial charge in [0.1, 0.15) is 5.52 Å². The van der Waals surface area contributed by atoms with Crippen LogP contribution in [0.15, 0.2) is 29.0 Å². The van der Waals surface area contributed by atoms with E-state index in [0.29, 0.717) is 0 Å². The third-order valence-corrected chi connectivity index (χ3v) is 4.08. The van der Waals surface area contributed by atoms with Crippen molar-refractivity contribution in [3.05, 3.63) is 30.2 Å². The van der Waals surface area contributed by atoms with E-state index in [9.17, 15) is 0 Å². The molecule has 1 N–H and O–H groups in total. The number of aromatic nitrogens is 1. The van der Waals surface area contributed by atoms with Crippen LogP contribution in [0.3, 0.4) is 0 Å². The van der Waals surface area contributed by atoms with Gasteiger partial charge in [-0.2, -0.15) is 0 Å². The lowest BCUT2D eigenvalue weighted by Crippen LogP contribution is -2.41. The Morgan fingerprint density at radius 3 is 3.05 bits per heavy atom. The van der Waals surface area contributed by atoms with E-state index in [2.05, 4.69) is 34.4 Å². The molecule has 0 aliphatic carbocycles. The highest BCUT2D eigenvalue weighted by Gasteiger charge is 2.17. The van der Waals surface area contributed by atoms with Gasteiger partial charge in [-0.3, -0.25) is 0 Å². The normalized spacial score (nSPS) is 17.4. The molecular formula is C15H21N3O. The van der Waals surface area contributed by atoms with Crippen LogP contribution < -0.4 is 5.32 Å². The molecule has 1 saturated heterocycles. The Labute approximate surface area is 113 Å². The van der Waals surface area contributed by atoms with Crippen LogP contribution in [-0.2, 0) is 6.42 Å². The quantitative estimate of drug-likeness (QED) is 0.912. The lowest BCUT2D eigenvalue weighted by molar-refractivity contribution is 0.201. The van der Waals surface area contributed by atoms with Gasteiger partial charge in [-0.25, -0.2) is 4.98 Å². The Morgan fingerprint density at radius 1 is 1.37 bits per heavy atom. The van der Waals surface area contributed by atoms with E-state index in [0.717, 1.165) is 43.2 Å². The van der Waals surface area contributed by atoms with Crippen molar-refractivity contribution in [3.8, 4) is 0 Å². The van der Waals surface area contributed by atoms with Crippen molar-refractivity contribution in [1.82, 2.24) is 15.2 Å². The lowest BCUT2D eigenvalue weighted by atomic mass is 10.0. The second-order valence-electron chi connectivity index (χ2n) is 5.37. The van der Waals surface area contributed by atoms with Crippen molar-refractivity contribution in [1.29, 1.82) is 0 Å². The molecule has 1 fully saturated rings. The summed E-state index contributed by atoms with van der Waals surface area (Å²) in [6, 6.07) is 7.04. The van der Waals surface area contributed by atoms with Crippen LogP contribution in [-0.4, -0.2) is 42.6 Å². The van der Waals surface area contributed by atoms with Crippen molar-refractivity contribution in [3.63, 3.8) is 0 Å².